The molecule has 0 saturated carbocycles. The van der Waals surface area contributed by atoms with Gasteiger partial charge in [-0.05, 0) is 0 Å². The van der Waals surface area contributed by atoms with Crippen molar-refractivity contribution in [3.8, 4) is 0 Å². The summed E-state index contributed by atoms with van der Waals surface area (Å²) < 4.78 is 14.3. The topological polar surface area (TPSA) is 44.8 Å². The fourth-order valence-corrected chi connectivity index (χ4v) is 0.920. The van der Waals surface area contributed by atoms with Crippen LogP contribution in [0.3, 0.4) is 0 Å². The van der Waals surface area contributed by atoms with Crippen molar-refractivity contribution in [2.75, 3.05) is 12.1 Å². The van der Waals surface area contributed by atoms with E-state index < -0.39 is 11.9 Å². The number of hydrogen-bond donors (Lipinski definition) is 0. The van der Waals surface area contributed by atoms with Crippen LogP contribution in [0.2, 0.25) is 0 Å². The SMILES string of the molecule is C=CC(=O)OC(C)(OCCl)OCCl. The Balaban J connectivity index is 4.21. The first-order valence-electron chi connectivity index (χ1n) is 3.33. The molecule has 0 radical (unpaired) electrons. The molecular weight excluding hydrogens is 219 g/mol. The normalized spacial score (nSPS) is 11.0. The molecule has 0 fully saturated rings. The highest BCUT2D eigenvalue weighted by Gasteiger charge is 2.29. The minimum atomic E-state index is -1.56. The lowest BCUT2D eigenvalue weighted by Crippen LogP contribution is -2.37. The molecule has 0 aromatic rings. The van der Waals surface area contributed by atoms with Crippen molar-refractivity contribution in [1.29, 1.82) is 0 Å². The van der Waals surface area contributed by atoms with Crippen LogP contribution in [0.5, 0.6) is 0 Å². The van der Waals surface area contributed by atoms with Crippen molar-refractivity contribution in [3.05, 3.63) is 12.7 Å². The van der Waals surface area contributed by atoms with Gasteiger partial charge in [-0.3, -0.25) is 0 Å². The second-order valence-electron chi connectivity index (χ2n) is 1.99. The van der Waals surface area contributed by atoms with Crippen molar-refractivity contribution in [2.45, 2.75) is 12.9 Å². The van der Waals surface area contributed by atoms with Gasteiger partial charge in [0, 0.05) is 13.0 Å². The van der Waals surface area contributed by atoms with Crippen LogP contribution in [-0.2, 0) is 19.0 Å². The van der Waals surface area contributed by atoms with Gasteiger partial charge in [0.2, 0.25) is 0 Å². The highest BCUT2D eigenvalue weighted by atomic mass is 35.5. The van der Waals surface area contributed by atoms with Gasteiger partial charge in [0.25, 0.3) is 0 Å². The molecule has 0 aromatic heterocycles. The molecule has 0 aliphatic carbocycles. The molecule has 0 aliphatic rings. The Labute approximate surface area is 86.3 Å². The Morgan fingerprint density at radius 2 is 1.92 bits per heavy atom. The van der Waals surface area contributed by atoms with E-state index in [1.165, 1.54) is 6.92 Å². The Morgan fingerprint density at radius 1 is 1.46 bits per heavy atom. The number of halogens is 2. The number of carbonyl (C=O) groups excluding carboxylic acids is 1. The number of carbonyl (C=O) groups is 1. The molecule has 0 bridgehead atoms. The lowest BCUT2D eigenvalue weighted by molar-refractivity contribution is -0.338. The van der Waals surface area contributed by atoms with Gasteiger partial charge in [0.1, 0.15) is 12.1 Å². The molecule has 4 nitrogen and oxygen atoms in total. The number of rotatable bonds is 6. The van der Waals surface area contributed by atoms with E-state index in [1.54, 1.807) is 0 Å². The number of esters is 1. The van der Waals surface area contributed by atoms with E-state index in [9.17, 15) is 4.79 Å². The third kappa shape index (κ3) is 5.10. The average Bonchev–Trinajstić information content (AvgIpc) is 2.04. The van der Waals surface area contributed by atoms with Crippen LogP contribution in [0, 0.1) is 0 Å². The maximum atomic E-state index is 10.8. The summed E-state index contributed by atoms with van der Waals surface area (Å²) in [7, 11) is 0. The zero-order valence-electron chi connectivity index (χ0n) is 7.09. The maximum absolute atomic E-state index is 10.8. The maximum Gasteiger partial charge on any atom is 0.334 e. The molecule has 0 heterocycles. The molecule has 6 heteroatoms. The summed E-state index contributed by atoms with van der Waals surface area (Å²) in [6, 6.07) is -0.365. The molecule has 0 aliphatic heterocycles. The number of hydrogen-bond acceptors (Lipinski definition) is 4. The van der Waals surface area contributed by atoms with E-state index in [4.69, 9.17) is 37.4 Å². The largest absolute Gasteiger partial charge is 0.405 e. The summed E-state index contributed by atoms with van der Waals surface area (Å²) in [6.07, 6.45) is 0.980. The van der Waals surface area contributed by atoms with Gasteiger partial charge in [-0.2, -0.15) is 0 Å². The van der Waals surface area contributed by atoms with Crippen LogP contribution in [0.1, 0.15) is 6.92 Å². The standard InChI is InChI=1S/C7H10Cl2O4/c1-3-6(10)13-7(2,11-4-8)12-5-9/h3H,1,4-5H2,2H3. The average molecular weight is 229 g/mol. The summed E-state index contributed by atoms with van der Waals surface area (Å²) in [4.78, 5) is 10.8. The molecule has 13 heavy (non-hydrogen) atoms. The zero-order chi connectivity index (χ0) is 10.3. The van der Waals surface area contributed by atoms with E-state index in [0.717, 1.165) is 6.08 Å². The molecule has 0 rings (SSSR count). The monoisotopic (exact) mass is 228 g/mol. The van der Waals surface area contributed by atoms with E-state index in [-0.39, 0.29) is 12.1 Å². The zero-order valence-corrected chi connectivity index (χ0v) is 8.60. The van der Waals surface area contributed by atoms with Crippen LogP contribution < -0.4 is 0 Å². The molecule has 0 amide bonds. The first-order chi connectivity index (χ1) is 6.08. The van der Waals surface area contributed by atoms with Crippen LogP contribution in [0.25, 0.3) is 0 Å². The Kier molecular flexibility index (Phi) is 6.07. The Hall–Kier alpha value is -0.290. The molecule has 76 valence electrons. The second kappa shape index (κ2) is 6.21. The quantitative estimate of drug-likeness (QED) is 0.301. The van der Waals surface area contributed by atoms with Gasteiger partial charge in [-0.1, -0.05) is 29.8 Å². The van der Waals surface area contributed by atoms with Gasteiger partial charge in [-0.25, -0.2) is 4.79 Å². The summed E-state index contributed by atoms with van der Waals surface area (Å²) in [5, 5.41) is 0. The first-order valence-corrected chi connectivity index (χ1v) is 4.40. The van der Waals surface area contributed by atoms with Crippen molar-refractivity contribution in [1.82, 2.24) is 0 Å². The van der Waals surface area contributed by atoms with Crippen LogP contribution >= 0.6 is 23.2 Å². The smallest absolute Gasteiger partial charge is 0.334 e. The van der Waals surface area contributed by atoms with Crippen molar-refractivity contribution in [3.63, 3.8) is 0 Å². The fraction of sp³-hybridized carbons (Fsp3) is 0.571. The third-order valence-corrected chi connectivity index (χ3v) is 1.30. The van der Waals surface area contributed by atoms with E-state index >= 15 is 0 Å². The molecule has 0 aromatic carbocycles. The number of ether oxygens (including phenoxy) is 3. The van der Waals surface area contributed by atoms with Crippen molar-refractivity contribution >= 4 is 29.2 Å². The van der Waals surface area contributed by atoms with E-state index in [2.05, 4.69) is 6.58 Å². The lowest BCUT2D eigenvalue weighted by Gasteiger charge is -2.26. The second-order valence-corrected chi connectivity index (χ2v) is 2.43. The summed E-state index contributed by atoms with van der Waals surface area (Å²) in [5.41, 5.74) is 0. The Bertz CT molecular complexity index is 177. The van der Waals surface area contributed by atoms with Gasteiger partial charge in [0.05, 0.1) is 0 Å². The van der Waals surface area contributed by atoms with Gasteiger partial charge in [-0.15, -0.1) is 0 Å². The first kappa shape index (κ1) is 12.7. The number of alkyl halides is 2. The molecule has 0 saturated heterocycles. The van der Waals surface area contributed by atoms with Crippen molar-refractivity contribution in [2.24, 2.45) is 0 Å². The molecule has 0 N–H and O–H groups in total. The highest BCUT2D eigenvalue weighted by Crippen LogP contribution is 2.16. The molecule has 0 spiro atoms. The molecule has 0 atom stereocenters. The predicted octanol–water partition coefficient (Wildman–Crippen LogP) is 1.82. The summed E-state index contributed by atoms with van der Waals surface area (Å²) in [5.74, 6) is -2.24. The third-order valence-electron chi connectivity index (χ3n) is 1.09. The van der Waals surface area contributed by atoms with Crippen LogP contribution in [0.4, 0.5) is 0 Å². The van der Waals surface area contributed by atoms with Crippen LogP contribution in [0.15, 0.2) is 12.7 Å². The van der Waals surface area contributed by atoms with Gasteiger partial charge < -0.3 is 14.2 Å². The van der Waals surface area contributed by atoms with E-state index in [1.807, 2.05) is 0 Å². The summed E-state index contributed by atoms with van der Waals surface area (Å²) in [6.45, 7) is 4.59. The Morgan fingerprint density at radius 3 is 2.23 bits per heavy atom. The van der Waals surface area contributed by atoms with Crippen molar-refractivity contribution < 1.29 is 19.0 Å². The summed E-state index contributed by atoms with van der Waals surface area (Å²) >= 11 is 10.6. The molecular formula is C7H10Cl2O4. The van der Waals surface area contributed by atoms with Gasteiger partial charge >= 0.3 is 11.9 Å². The molecule has 0 unspecified atom stereocenters. The fourth-order valence-electron chi connectivity index (χ4n) is 0.523. The van der Waals surface area contributed by atoms with E-state index in [0.29, 0.717) is 0 Å². The lowest BCUT2D eigenvalue weighted by atomic mass is 10.6. The van der Waals surface area contributed by atoms with Crippen LogP contribution in [-0.4, -0.2) is 24.1 Å². The minimum absolute atomic E-state index is 0.183. The minimum Gasteiger partial charge on any atom is -0.405 e. The highest BCUT2D eigenvalue weighted by molar-refractivity contribution is 6.17. The van der Waals surface area contributed by atoms with Gasteiger partial charge in [0.15, 0.2) is 0 Å². The predicted molar refractivity (Wildman–Crippen MR) is 48.3 cm³/mol.